The Hall–Kier alpha value is -0.610. The van der Waals surface area contributed by atoms with Gasteiger partial charge in [-0.25, -0.2) is 0 Å². The summed E-state index contributed by atoms with van der Waals surface area (Å²) in [4.78, 5) is 15.1. The summed E-state index contributed by atoms with van der Waals surface area (Å²) in [7, 11) is 0. The maximum Gasteiger partial charge on any atom is 0.239 e. The minimum Gasteiger partial charge on any atom is -0.378 e. The Bertz CT molecular complexity index is 479. The Morgan fingerprint density at radius 1 is 0.595 bits per heavy atom. The zero-order chi connectivity index (χ0) is 26.7. The summed E-state index contributed by atoms with van der Waals surface area (Å²) in [5, 5.41) is 3.65. The van der Waals surface area contributed by atoms with E-state index in [0.29, 0.717) is 19.1 Å². The molecule has 0 aromatic carbocycles. The van der Waals surface area contributed by atoms with E-state index in [0.717, 1.165) is 26.1 Å². The van der Waals surface area contributed by atoms with Crippen molar-refractivity contribution in [3.05, 3.63) is 0 Å². The Balaban J connectivity index is 2.03. The van der Waals surface area contributed by atoms with Crippen LogP contribution in [0.1, 0.15) is 168 Å². The third-order valence-corrected chi connectivity index (χ3v) is 8.14. The van der Waals surface area contributed by atoms with Gasteiger partial charge in [-0.1, -0.05) is 155 Å². The minimum absolute atomic E-state index is 0.00471. The predicted octanol–water partition coefficient (Wildman–Crippen LogP) is 9.21. The van der Waals surface area contributed by atoms with Crippen LogP contribution in [0.4, 0.5) is 0 Å². The molecule has 0 aromatic rings. The number of nitrogens with one attached hydrogen (secondary N) is 1. The maximum absolute atomic E-state index is 13.1. The van der Waals surface area contributed by atoms with Crippen molar-refractivity contribution in [2.75, 3.05) is 32.8 Å². The largest absolute Gasteiger partial charge is 0.378 e. The SMILES string of the molecule is CCCCCCCCCCCCCCCCCCNC(CCCCCCCCC)C(=O)N1CCOCC1. The second-order valence-corrected chi connectivity index (χ2v) is 11.7. The summed E-state index contributed by atoms with van der Waals surface area (Å²) in [6, 6.07) is 0.00471. The monoisotopic (exact) mass is 523 g/mol. The van der Waals surface area contributed by atoms with Gasteiger partial charge in [0.25, 0.3) is 0 Å². The molecule has 37 heavy (non-hydrogen) atoms. The summed E-state index contributed by atoms with van der Waals surface area (Å²) in [5.41, 5.74) is 0. The molecule has 1 aliphatic rings. The molecule has 1 amide bonds. The molecule has 0 radical (unpaired) electrons. The molecule has 0 bridgehead atoms. The number of morpholine rings is 1. The van der Waals surface area contributed by atoms with E-state index in [9.17, 15) is 4.79 Å². The molecule has 220 valence electrons. The fourth-order valence-corrected chi connectivity index (χ4v) is 5.57. The number of hydrogen-bond donors (Lipinski definition) is 1. The van der Waals surface area contributed by atoms with Gasteiger partial charge >= 0.3 is 0 Å². The van der Waals surface area contributed by atoms with Crippen LogP contribution in [0.2, 0.25) is 0 Å². The van der Waals surface area contributed by atoms with Crippen LogP contribution in [0.15, 0.2) is 0 Å². The molecule has 1 N–H and O–H groups in total. The van der Waals surface area contributed by atoms with Crippen LogP contribution in [0.3, 0.4) is 0 Å². The van der Waals surface area contributed by atoms with Gasteiger partial charge in [0.1, 0.15) is 0 Å². The van der Waals surface area contributed by atoms with Crippen LogP contribution in [0.5, 0.6) is 0 Å². The Morgan fingerprint density at radius 3 is 1.41 bits per heavy atom. The number of hydrogen-bond acceptors (Lipinski definition) is 3. The van der Waals surface area contributed by atoms with Crippen molar-refractivity contribution in [3.8, 4) is 0 Å². The van der Waals surface area contributed by atoms with Crippen molar-refractivity contribution in [1.82, 2.24) is 10.2 Å². The third kappa shape index (κ3) is 21.0. The lowest BCUT2D eigenvalue weighted by Gasteiger charge is -2.31. The van der Waals surface area contributed by atoms with Crippen molar-refractivity contribution in [2.45, 2.75) is 174 Å². The Kier molecular flexibility index (Phi) is 25.1. The van der Waals surface area contributed by atoms with Crippen LogP contribution >= 0.6 is 0 Å². The first-order chi connectivity index (χ1) is 18.3. The second kappa shape index (κ2) is 27.0. The van der Waals surface area contributed by atoms with E-state index in [1.807, 2.05) is 4.90 Å². The molecular formula is C33H66N2O2. The number of rotatable bonds is 27. The van der Waals surface area contributed by atoms with Crippen LogP contribution in [-0.2, 0) is 9.53 Å². The maximum atomic E-state index is 13.1. The molecule has 0 spiro atoms. The van der Waals surface area contributed by atoms with Gasteiger partial charge in [-0.3, -0.25) is 4.79 Å². The van der Waals surface area contributed by atoms with Gasteiger partial charge in [-0.2, -0.15) is 0 Å². The first-order valence-corrected chi connectivity index (χ1v) is 16.9. The summed E-state index contributed by atoms with van der Waals surface area (Å²) >= 11 is 0. The zero-order valence-electron chi connectivity index (χ0n) is 25.3. The lowest BCUT2D eigenvalue weighted by atomic mass is 10.0. The van der Waals surface area contributed by atoms with Gasteiger partial charge in [-0.15, -0.1) is 0 Å². The van der Waals surface area contributed by atoms with E-state index in [-0.39, 0.29) is 6.04 Å². The van der Waals surface area contributed by atoms with E-state index in [1.165, 1.54) is 148 Å². The number of nitrogens with zero attached hydrogens (tertiary/aromatic N) is 1. The molecule has 4 nitrogen and oxygen atoms in total. The molecule has 1 aliphatic heterocycles. The van der Waals surface area contributed by atoms with E-state index in [1.54, 1.807) is 0 Å². The van der Waals surface area contributed by atoms with Gasteiger partial charge in [-0.05, 0) is 19.4 Å². The minimum atomic E-state index is 0.00471. The topological polar surface area (TPSA) is 41.6 Å². The number of carbonyl (C=O) groups is 1. The van der Waals surface area contributed by atoms with E-state index < -0.39 is 0 Å². The molecule has 1 unspecified atom stereocenters. The molecule has 0 aromatic heterocycles. The Morgan fingerprint density at radius 2 is 0.973 bits per heavy atom. The summed E-state index contributed by atoms with van der Waals surface area (Å²) < 4.78 is 5.46. The average Bonchev–Trinajstić information content (AvgIpc) is 2.93. The number of unbranched alkanes of at least 4 members (excludes halogenated alkanes) is 21. The normalized spacial score (nSPS) is 14.8. The summed E-state index contributed by atoms with van der Waals surface area (Å²) in [6.07, 6.45) is 32.5. The molecular weight excluding hydrogens is 456 g/mol. The first-order valence-electron chi connectivity index (χ1n) is 16.9. The smallest absolute Gasteiger partial charge is 0.239 e. The summed E-state index contributed by atoms with van der Waals surface area (Å²) in [5.74, 6) is 0.311. The van der Waals surface area contributed by atoms with Crippen molar-refractivity contribution < 1.29 is 9.53 Å². The highest BCUT2D eigenvalue weighted by Gasteiger charge is 2.24. The summed E-state index contributed by atoms with van der Waals surface area (Å²) in [6.45, 7) is 8.44. The molecule has 1 heterocycles. The molecule has 4 heteroatoms. The van der Waals surface area contributed by atoms with Crippen molar-refractivity contribution >= 4 is 5.91 Å². The van der Waals surface area contributed by atoms with Crippen LogP contribution in [-0.4, -0.2) is 49.7 Å². The number of carbonyl (C=O) groups excluding carboxylic acids is 1. The molecule has 1 atom stereocenters. The molecule has 1 rings (SSSR count). The van der Waals surface area contributed by atoms with Gasteiger partial charge in [0.15, 0.2) is 0 Å². The zero-order valence-corrected chi connectivity index (χ0v) is 25.3. The highest BCUT2D eigenvalue weighted by atomic mass is 16.5. The van der Waals surface area contributed by atoms with Crippen molar-refractivity contribution in [3.63, 3.8) is 0 Å². The highest BCUT2D eigenvalue weighted by molar-refractivity contribution is 5.82. The number of amides is 1. The van der Waals surface area contributed by atoms with Crippen molar-refractivity contribution in [2.24, 2.45) is 0 Å². The first kappa shape index (κ1) is 34.4. The highest BCUT2D eigenvalue weighted by Crippen LogP contribution is 2.15. The molecule has 0 aliphatic carbocycles. The molecule has 1 saturated heterocycles. The number of ether oxygens (including phenoxy) is 1. The van der Waals surface area contributed by atoms with Gasteiger partial charge in [0, 0.05) is 13.1 Å². The standard InChI is InChI=1S/C33H66N2O2/c1-3-5-7-9-11-12-13-14-15-16-17-18-19-21-23-25-27-34-32(26-24-22-20-10-8-6-4-2)33(36)35-28-30-37-31-29-35/h32,34H,3-31H2,1-2H3. The van der Waals surface area contributed by atoms with Gasteiger partial charge < -0.3 is 15.0 Å². The average molecular weight is 523 g/mol. The fraction of sp³-hybridized carbons (Fsp3) is 0.970. The lowest BCUT2D eigenvalue weighted by molar-refractivity contribution is -0.137. The van der Waals surface area contributed by atoms with Crippen LogP contribution < -0.4 is 5.32 Å². The Labute approximate surface area is 232 Å². The second-order valence-electron chi connectivity index (χ2n) is 11.7. The third-order valence-electron chi connectivity index (χ3n) is 8.14. The van der Waals surface area contributed by atoms with Crippen LogP contribution in [0.25, 0.3) is 0 Å². The van der Waals surface area contributed by atoms with E-state index in [2.05, 4.69) is 19.2 Å². The predicted molar refractivity (Wildman–Crippen MR) is 161 cm³/mol. The van der Waals surface area contributed by atoms with E-state index >= 15 is 0 Å². The fourth-order valence-electron chi connectivity index (χ4n) is 5.57. The van der Waals surface area contributed by atoms with Crippen LogP contribution in [0, 0.1) is 0 Å². The van der Waals surface area contributed by atoms with Gasteiger partial charge in [0.2, 0.25) is 5.91 Å². The lowest BCUT2D eigenvalue weighted by Crippen LogP contribution is -2.50. The molecule has 1 fully saturated rings. The molecule has 0 saturated carbocycles. The van der Waals surface area contributed by atoms with E-state index in [4.69, 9.17) is 4.74 Å². The van der Waals surface area contributed by atoms with Crippen molar-refractivity contribution in [1.29, 1.82) is 0 Å². The van der Waals surface area contributed by atoms with Gasteiger partial charge in [0.05, 0.1) is 19.3 Å². The quantitative estimate of drug-likeness (QED) is 0.109.